The third-order valence-electron chi connectivity index (χ3n) is 7.82. The lowest BCUT2D eigenvalue weighted by atomic mass is 9.79. The van der Waals surface area contributed by atoms with E-state index in [9.17, 15) is 14.4 Å². The Labute approximate surface area is 225 Å². The molecule has 1 aliphatic heterocycles. The molecule has 0 saturated carbocycles. The molecule has 1 fully saturated rings. The molecule has 1 saturated heterocycles. The summed E-state index contributed by atoms with van der Waals surface area (Å²) in [6.45, 7) is 6.49. The number of carbonyl (C=O) groups is 3. The Balaban J connectivity index is 1.47. The Kier molecular flexibility index (Phi) is 9.05. The van der Waals surface area contributed by atoms with E-state index >= 15 is 0 Å². The summed E-state index contributed by atoms with van der Waals surface area (Å²) >= 11 is 0. The molecule has 1 unspecified atom stereocenters. The van der Waals surface area contributed by atoms with Crippen molar-refractivity contribution in [2.45, 2.75) is 70.7 Å². The van der Waals surface area contributed by atoms with Gasteiger partial charge in [-0.1, -0.05) is 68.4 Å². The number of rotatable bonds is 7. The summed E-state index contributed by atoms with van der Waals surface area (Å²) in [6.07, 6.45) is 2.61. The normalized spacial score (nSPS) is 20.9. The second-order valence-electron chi connectivity index (χ2n) is 10.8. The predicted molar refractivity (Wildman–Crippen MR) is 146 cm³/mol. The second-order valence-corrected chi connectivity index (χ2v) is 10.8. The molecule has 0 aromatic heterocycles. The van der Waals surface area contributed by atoms with Crippen molar-refractivity contribution in [2.75, 3.05) is 19.6 Å². The van der Waals surface area contributed by atoms with E-state index in [2.05, 4.69) is 23.5 Å². The number of nitrogens with two attached hydrogens (primary N) is 1. The van der Waals surface area contributed by atoms with E-state index in [4.69, 9.17) is 10.5 Å². The van der Waals surface area contributed by atoms with Gasteiger partial charge in [0, 0.05) is 25.0 Å². The van der Waals surface area contributed by atoms with Crippen molar-refractivity contribution < 1.29 is 19.1 Å². The minimum atomic E-state index is -0.841. The Morgan fingerprint density at radius 2 is 1.74 bits per heavy atom. The van der Waals surface area contributed by atoms with Gasteiger partial charge in [0.25, 0.3) is 0 Å². The van der Waals surface area contributed by atoms with E-state index in [1.165, 1.54) is 16.0 Å². The number of carbonyl (C=O) groups excluding carboxylic acids is 3. The zero-order chi connectivity index (χ0) is 27.2. The molecule has 2 aromatic rings. The highest BCUT2D eigenvalue weighted by molar-refractivity contribution is 5.91. The summed E-state index contributed by atoms with van der Waals surface area (Å²) in [5, 5.41) is 3.18. The van der Waals surface area contributed by atoms with E-state index in [1.54, 1.807) is 4.90 Å². The highest BCUT2D eigenvalue weighted by atomic mass is 16.6. The van der Waals surface area contributed by atoms with E-state index in [-0.39, 0.29) is 55.9 Å². The van der Waals surface area contributed by atoms with Gasteiger partial charge in [-0.05, 0) is 48.8 Å². The van der Waals surface area contributed by atoms with Crippen molar-refractivity contribution in [3.63, 3.8) is 0 Å². The lowest BCUT2D eigenvalue weighted by molar-refractivity contribution is -0.145. The van der Waals surface area contributed by atoms with Crippen LogP contribution < -0.4 is 11.1 Å². The minimum Gasteiger partial charge on any atom is -0.445 e. The van der Waals surface area contributed by atoms with E-state index < -0.39 is 18.2 Å². The van der Waals surface area contributed by atoms with Crippen LogP contribution in [0, 0.1) is 5.92 Å². The molecule has 3 amide bonds. The first kappa shape index (κ1) is 27.6. The van der Waals surface area contributed by atoms with Gasteiger partial charge in [-0.2, -0.15) is 0 Å². The number of piperazine rings is 1. The van der Waals surface area contributed by atoms with Gasteiger partial charge in [0.2, 0.25) is 11.8 Å². The Morgan fingerprint density at radius 1 is 1.03 bits per heavy atom. The quantitative estimate of drug-likeness (QED) is 0.582. The second kappa shape index (κ2) is 12.4. The Morgan fingerprint density at radius 3 is 2.47 bits per heavy atom. The molecule has 8 nitrogen and oxygen atoms in total. The number of hydrogen-bond acceptors (Lipinski definition) is 5. The molecule has 4 atom stereocenters. The molecule has 38 heavy (non-hydrogen) atoms. The minimum absolute atomic E-state index is 0.0595. The van der Waals surface area contributed by atoms with Gasteiger partial charge in [0.05, 0.1) is 12.6 Å². The van der Waals surface area contributed by atoms with Crippen molar-refractivity contribution in [3.05, 3.63) is 71.3 Å². The molecule has 8 heteroatoms. The van der Waals surface area contributed by atoms with Crippen LogP contribution in [-0.2, 0) is 27.4 Å². The lowest BCUT2D eigenvalue weighted by Gasteiger charge is -2.42. The maximum atomic E-state index is 13.7. The third kappa shape index (κ3) is 6.35. The van der Waals surface area contributed by atoms with Crippen LogP contribution in [0.15, 0.2) is 54.6 Å². The van der Waals surface area contributed by atoms with Gasteiger partial charge < -0.3 is 25.6 Å². The number of amides is 3. The Bertz CT molecular complexity index is 1120. The number of benzene rings is 2. The summed E-state index contributed by atoms with van der Waals surface area (Å²) in [5.41, 5.74) is 9.69. The molecule has 3 N–H and O–H groups in total. The first-order chi connectivity index (χ1) is 18.3. The SMILES string of the molecule is CC(C)[C@H](N)C(=O)N1CCN(C(=O)OCc2ccccc2)C[C@H]1C(=O)N[C@H](C)C1CCCc2ccccc21. The molecule has 1 aliphatic carbocycles. The predicted octanol–water partition coefficient (Wildman–Crippen LogP) is 3.44. The fraction of sp³-hybridized carbons (Fsp3) is 0.500. The van der Waals surface area contributed by atoms with Crippen molar-refractivity contribution in [2.24, 2.45) is 11.7 Å². The monoisotopic (exact) mass is 520 g/mol. The molecular weight excluding hydrogens is 480 g/mol. The van der Waals surface area contributed by atoms with Crippen LogP contribution >= 0.6 is 0 Å². The van der Waals surface area contributed by atoms with Crippen molar-refractivity contribution in [1.82, 2.24) is 15.1 Å². The number of fused-ring (bicyclic) bond motifs is 1. The van der Waals surface area contributed by atoms with Crippen LogP contribution in [0.2, 0.25) is 0 Å². The summed E-state index contributed by atoms with van der Waals surface area (Å²) in [5.74, 6) is -0.419. The van der Waals surface area contributed by atoms with Gasteiger partial charge in [-0.3, -0.25) is 9.59 Å². The molecular formula is C30H40N4O4. The average Bonchev–Trinajstić information content (AvgIpc) is 2.94. The van der Waals surface area contributed by atoms with Crippen LogP contribution in [0.1, 0.15) is 56.2 Å². The highest BCUT2D eigenvalue weighted by Gasteiger charge is 2.40. The maximum absolute atomic E-state index is 13.7. The van der Waals surface area contributed by atoms with Crippen LogP contribution in [0.5, 0.6) is 0 Å². The third-order valence-corrected chi connectivity index (χ3v) is 7.82. The fourth-order valence-electron chi connectivity index (χ4n) is 5.46. The molecule has 204 valence electrons. The average molecular weight is 521 g/mol. The zero-order valence-corrected chi connectivity index (χ0v) is 22.6. The molecule has 2 aromatic carbocycles. The highest BCUT2D eigenvalue weighted by Crippen LogP contribution is 2.34. The lowest BCUT2D eigenvalue weighted by Crippen LogP contribution is -2.65. The fourth-order valence-corrected chi connectivity index (χ4v) is 5.46. The van der Waals surface area contributed by atoms with Crippen molar-refractivity contribution in [3.8, 4) is 0 Å². The number of nitrogens with one attached hydrogen (secondary N) is 1. The summed E-state index contributed by atoms with van der Waals surface area (Å²) in [7, 11) is 0. The number of ether oxygens (including phenoxy) is 1. The van der Waals surface area contributed by atoms with E-state index in [1.807, 2.05) is 57.2 Å². The largest absolute Gasteiger partial charge is 0.445 e. The number of aryl methyl sites for hydroxylation is 1. The molecule has 0 radical (unpaired) electrons. The van der Waals surface area contributed by atoms with E-state index in [0.717, 1.165) is 24.8 Å². The summed E-state index contributed by atoms with van der Waals surface area (Å²) < 4.78 is 5.52. The standard InChI is InChI=1S/C30H40N4O4/c1-20(2)27(31)29(36)34-17-16-33(30(37)38-19-22-10-5-4-6-11-22)18-26(34)28(35)32-21(3)24-15-9-13-23-12-7-8-14-25(23)24/h4-8,10-12,14,20-21,24,26-27H,9,13,15-19,31H2,1-3H3,(H,32,35)/t21-,24?,26+,27+/m1/s1. The van der Waals surface area contributed by atoms with Crippen molar-refractivity contribution >= 4 is 17.9 Å². The molecule has 0 bridgehead atoms. The number of nitrogens with zero attached hydrogens (tertiary/aromatic N) is 2. The Hall–Kier alpha value is -3.39. The molecule has 4 rings (SSSR count). The first-order valence-corrected chi connectivity index (χ1v) is 13.7. The summed E-state index contributed by atoms with van der Waals surface area (Å²) in [6, 6.07) is 16.2. The van der Waals surface area contributed by atoms with Crippen molar-refractivity contribution in [1.29, 1.82) is 0 Å². The van der Waals surface area contributed by atoms with E-state index in [0.29, 0.717) is 0 Å². The van der Waals surface area contributed by atoms with Crippen LogP contribution in [0.3, 0.4) is 0 Å². The molecule has 0 spiro atoms. The van der Waals surface area contributed by atoms with Crippen LogP contribution in [0.4, 0.5) is 4.79 Å². The van der Waals surface area contributed by atoms with Gasteiger partial charge >= 0.3 is 6.09 Å². The molecule has 2 aliphatic rings. The number of hydrogen-bond donors (Lipinski definition) is 2. The van der Waals surface area contributed by atoms with Gasteiger partial charge in [-0.15, -0.1) is 0 Å². The topological polar surface area (TPSA) is 105 Å². The summed E-state index contributed by atoms with van der Waals surface area (Å²) in [4.78, 5) is 42.9. The van der Waals surface area contributed by atoms with Gasteiger partial charge in [0.15, 0.2) is 0 Å². The van der Waals surface area contributed by atoms with Gasteiger partial charge in [0.1, 0.15) is 12.6 Å². The van der Waals surface area contributed by atoms with Crippen LogP contribution in [-0.4, -0.2) is 65.5 Å². The molecule has 1 heterocycles. The van der Waals surface area contributed by atoms with Crippen LogP contribution in [0.25, 0.3) is 0 Å². The maximum Gasteiger partial charge on any atom is 0.410 e. The first-order valence-electron chi connectivity index (χ1n) is 13.7. The smallest absolute Gasteiger partial charge is 0.410 e. The van der Waals surface area contributed by atoms with Gasteiger partial charge in [-0.25, -0.2) is 4.79 Å². The zero-order valence-electron chi connectivity index (χ0n) is 22.6.